The van der Waals surface area contributed by atoms with E-state index in [4.69, 9.17) is 4.74 Å². The predicted molar refractivity (Wildman–Crippen MR) is 93.6 cm³/mol. The molecule has 1 aliphatic heterocycles. The number of allylic oxidation sites excluding steroid dienone is 2. The van der Waals surface area contributed by atoms with Crippen molar-refractivity contribution in [1.29, 1.82) is 0 Å². The minimum Gasteiger partial charge on any atom is -0.459 e. The Morgan fingerprint density at radius 3 is 2.64 bits per heavy atom. The first kappa shape index (κ1) is 18.6. The van der Waals surface area contributed by atoms with Gasteiger partial charge in [0.2, 0.25) is 0 Å². The summed E-state index contributed by atoms with van der Waals surface area (Å²) in [5.74, 6) is -0.0734. The third kappa shape index (κ3) is 2.86. The van der Waals surface area contributed by atoms with Gasteiger partial charge in [0.05, 0.1) is 18.3 Å². The lowest BCUT2D eigenvalue weighted by atomic mass is 9.46. The maximum atomic E-state index is 11.8. The third-order valence-electron chi connectivity index (χ3n) is 7.23. The fourth-order valence-corrected chi connectivity index (χ4v) is 5.56. The standard InChI is InChI=1S/C20H30O5/c1-12-4-7-16-19(2,9-8-17(23)20(16,3)11-21)14(12)6-5-13-15(22)10-25-18(13)24/h5,14-17,21-23H,1,4,6-11H2,2-3H3/b13-5+/t14?,15-,16+,17-,19+,20-/m1/s1. The number of ether oxygens (including phenoxy) is 1. The zero-order chi connectivity index (χ0) is 18.4. The quantitative estimate of drug-likeness (QED) is 0.411. The van der Waals surface area contributed by atoms with E-state index < -0.39 is 23.6 Å². The number of carbonyl (C=O) groups excluding carboxylic acids is 1. The first-order valence-electron chi connectivity index (χ1n) is 9.26. The van der Waals surface area contributed by atoms with Gasteiger partial charge in [0.1, 0.15) is 12.7 Å². The molecule has 5 heteroatoms. The topological polar surface area (TPSA) is 87.0 Å². The average molecular weight is 350 g/mol. The van der Waals surface area contributed by atoms with Crippen molar-refractivity contribution >= 4 is 5.97 Å². The van der Waals surface area contributed by atoms with E-state index >= 15 is 0 Å². The van der Waals surface area contributed by atoms with Crippen molar-refractivity contribution in [3.63, 3.8) is 0 Å². The van der Waals surface area contributed by atoms with Gasteiger partial charge in [-0.1, -0.05) is 32.1 Å². The van der Waals surface area contributed by atoms with Crippen molar-refractivity contribution in [1.82, 2.24) is 0 Å². The van der Waals surface area contributed by atoms with Crippen LogP contribution in [0.15, 0.2) is 23.8 Å². The summed E-state index contributed by atoms with van der Waals surface area (Å²) in [7, 11) is 0. The molecule has 0 radical (unpaired) electrons. The molecule has 5 nitrogen and oxygen atoms in total. The van der Waals surface area contributed by atoms with Crippen LogP contribution >= 0.6 is 0 Å². The molecule has 0 aromatic carbocycles. The lowest BCUT2D eigenvalue weighted by Crippen LogP contribution is -2.57. The van der Waals surface area contributed by atoms with Gasteiger partial charge in [0, 0.05) is 5.41 Å². The molecule has 0 aromatic rings. The summed E-state index contributed by atoms with van der Waals surface area (Å²) in [5.41, 5.74) is 0.911. The Labute approximate surface area is 149 Å². The second kappa shape index (κ2) is 6.53. The van der Waals surface area contributed by atoms with Crippen LogP contribution in [0.5, 0.6) is 0 Å². The Morgan fingerprint density at radius 1 is 1.32 bits per heavy atom. The van der Waals surface area contributed by atoms with E-state index in [9.17, 15) is 20.1 Å². The van der Waals surface area contributed by atoms with Crippen molar-refractivity contribution in [3.8, 4) is 0 Å². The summed E-state index contributed by atoms with van der Waals surface area (Å²) >= 11 is 0. The first-order valence-corrected chi connectivity index (χ1v) is 9.26. The predicted octanol–water partition coefficient (Wildman–Crippen LogP) is 1.96. The van der Waals surface area contributed by atoms with Crippen molar-refractivity contribution in [2.45, 2.75) is 58.2 Å². The molecule has 2 aliphatic carbocycles. The maximum absolute atomic E-state index is 11.8. The summed E-state index contributed by atoms with van der Waals surface area (Å²) in [5, 5.41) is 30.4. The molecule has 1 saturated heterocycles. The number of cyclic esters (lactones) is 1. The Morgan fingerprint density at radius 2 is 2.04 bits per heavy atom. The van der Waals surface area contributed by atoms with E-state index in [0.29, 0.717) is 18.4 Å². The number of hydrogen-bond acceptors (Lipinski definition) is 5. The van der Waals surface area contributed by atoms with Crippen LogP contribution in [-0.4, -0.2) is 46.7 Å². The van der Waals surface area contributed by atoms with Crippen LogP contribution in [0.25, 0.3) is 0 Å². The number of carbonyl (C=O) groups is 1. The van der Waals surface area contributed by atoms with Crippen molar-refractivity contribution in [2.75, 3.05) is 13.2 Å². The van der Waals surface area contributed by atoms with Crippen LogP contribution in [-0.2, 0) is 9.53 Å². The van der Waals surface area contributed by atoms with E-state index in [2.05, 4.69) is 13.5 Å². The molecular weight excluding hydrogens is 320 g/mol. The normalized spacial score (nSPS) is 46.2. The second-order valence-corrected chi connectivity index (χ2v) is 8.54. The van der Waals surface area contributed by atoms with Crippen LogP contribution in [0.3, 0.4) is 0 Å². The number of rotatable bonds is 3. The zero-order valence-corrected chi connectivity index (χ0v) is 15.2. The third-order valence-corrected chi connectivity index (χ3v) is 7.23. The monoisotopic (exact) mass is 350 g/mol. The molecule has 0 bridgehead atoms. The fourth-order valence-electron chi connectivity index (χ4n) is 5.56. The number of hydrogen-bond donors (Lipinski definition) is 3. The van der Waals surface area contributed by atoms with Gasteiger partial charge in [-0.2, -0.15) is 0 Å². The second-order valence-electron chi connectivity index (χ2n) is 8.54. The molecule has 0 spiro atoms. The van der Waals surface area contributed by atoms with Gasteiger partial charge in [0.25, 0.3) is 0 Å². The average Bonchev–Trinajstić information content (AvgIpc) is 2.89. The summed E-state index contributed by atoms with van der Waals surface area (Å²) in [4.78, 5) is 11.8. The van der Waals surface area contributed by atoms with Crippen molar-refractivity contribution < 1.29 is 24.9 Å². The van der Waals surface area contributed by atoms with E-state index in [1.807, 2.05) is 13.0 Å². The van der Waals surface area contributed by atoms with Gasteiger partial charge >= 0.3 is 5.97 Å². The summed E-state index contributed by atoms with van der Waals surface area (Å²) in [6.45, 7) is 8.50. The smallest absolute Gasteiger partial charge is 0.336 e. The van der Waals surface area contributed by atoms with Gasteiger partial charge in [-0.05, 0) is 49.4 Å². The number of aliphatic hydroxyl groups is 3. The van der Waals surface area contributed by atoms with Crippen molar-refractivity contribution in [2.24, 2.45) is 22.7 Å². The highest BCUT2D eigenvalue weighted by molar-refractivity contribution is 5.91. The molecule has 1 unspecified atom stereocenters. The largest absolute Gasteiger partial charge is 0.459 e. The summed E-state index contributed by atoms with van der Waals surface area (Å²) < 4.78 is 4.90. The first-order chi connectivity index (χ1) is 11.7. The Balaban J connectivity index is 1.89. The molecule has 2 saturated carbocycles. The Hall–Kier alpha value is -1.17. The molecule has 3 rings (SSSR count). The van der Waals surface area contributed by atoms with Gasteiger partial charge < -0.3 is 20.1 Å². The number of aliphatic hydroxyl groups excluding tert-OH is 3. The molecule has 25 heavy (non-hydrogen) atoms. The minimum absolute atomic E-state index is 0.0280. The molecule has 1 heterocycles. The molecule has 3 N–H and O–H groups in total. The SMILES string of the molecule is C=C1CC[C@@H]2[C@@](C)(CO)[C@H](O)CC[C@@]2(C)C1C/C=C1/C(=O)OC[C@H]1O. The molecule has 0 aromatic heterocycles. The van der Waals surface area contributed by atoms with Gasteiger partial charge in [-0.25, -0.2) is 4.79 Å². The molecule has 140 valence electrons. The minimum atomic E-state index is -0.844. The van der Waals surface area contributed by atoms with Gasteiger partial charge in [0.15, 0.2) is 0 Å². The molecule has 6 atom stereocenters. The van der Waals surface area contributed by atoms with Crippen LogP contribution in [0.1, 0.15) is 46.0 Å². The number of esters is 1. The Kier molecular flexibility index (Phi) is 4.86. The number of fused-ring (bicyclic) bond motifs is 1. The maximum Gasteiger partial charge on any atom is 0.336 e. The molecule has 3 fully saturated rings. The van der Waals surface area contributed by atoms with Crippen LogP contribution in [0.2, 0.25) is 0 Å². The molecule has 0 amide bonds. The van der Waals surface area contributed by atoms with E-state index in [-0.39, 0.29) is 30.5 Å². The van der Waals surface area contributed by atoms with E-state index in [1.165, 1.54) is 0 Å². The fraction of sp³-hybridized carbons (Fsp3) is 0.750. The van der Waals surface area contributed by atoms with Crippen LogP contribution in [0.4, 0.5) is 0 Å². The van der Waals surface area contributed by atoms with E-state index in [0.717, 1.165) is 24.8 Å². The lowest BCUT2D eigenvalue weighted by Gasteiger charge is -2.59. The highest BCUT2D eigenvalue weighted by atomic mass is 16.6. The van der Waals surface area contributed by atoms with Crippen LogP contribution in [0, 0.1) is 22.7 Å². The highest BCUT2D eigenvalue weighted by Gasteiger charge is 2.57. The lowest BCUT2D eigenvalue weighted by molar-refractivity contribution is -0.151. The molecular formula is C20H30O5. The molecule has 3 aliphatic rings. The Bertz CT molecular complexity index is 597. The highest BCUT2D eigenvalue weighted by Crippen LogP contribution is 2.61. The van der Waals surface area contributed by atoms with Gasteiger partial charge in [-0.15, -0.1) is 0 Å². The van der Waals surface area contributed by atoms with E-state index in [1.54, 1.807) is 0 Å². The van der Waals surface area contributed by atoms with Crippen molar-refractivity contribution in [3.05, 3.63) is 23.8 Å². The van der Waals surface area contributed by atoms with Crippen LogP contribution < -0.4 is 0 Å². The summed E-state index contributed by atoms with van der Waals surface area (Å²) in [6.07, 6.45) is 4.42. The van der Waals surface area contributed by atoms with Gasteiger partial charge in [-0.3, -0.25) is 0 Å². The summed E-state index contributed by atoms with van der Waals surface area (Å²) in [6, 6.07) is 0. The zero-order valence-electron chi connectivity index (χ0n) is 15.2.